The number of nitrogens with two attached hydrogens (primary N) is 1. The van der Waals surface area contributed by atoms with Crippen molar-refractivity contribution < 1.29 is 4.79 Å². The Balaban J connectivity index is 2.34. The monoisotopic (exact) mass is 283 g/mol. The van der Waals surface area contributed by atoms with Gasteiger partial charge in [0.1, 0.15) is 0 Å². The molecule has 3 N–H and O–H groups in total. The molecule has 2 unspecified atom stereocenters. The third kappa shape index (κ3) is 5.80. The Labute approximate surface area is 124 Å². The lowest BCUT2D eigenvalue weighted by atomic mass is 9.94. The molecular weight excluding hydrogens is 250 g/mol. The molecule has 1 saturated carbocycles. The topological polar surface area (TPSA) is 58.4 Å². The van der Waals surface area contributed by atoms with Crippen molar-refractivity contribution >= 4 is 5.91 Å². The van der Waals surface area contributed by atoms with Crippen LogP contribution in [0.1, 0.15) is 59.8 Å². The minimum atomic E-state index is -0.538. The molecule has 4 heteroatoms. The molecule has 1 rings (SSSR count). The highest BCUT2D eigenvalue weighted by molar-refractivity contribution is 5.84. The minimum absolute atomic E-state index is 0.220. The molecule has 1 aliphatic carbocycles. The number of nitrogens with one attached hydrogen (secondary N) is 1. The van der Waals surface area contributed by atoms with Crippen LogP contribution >= 0.6 is 0 Å². The van der Waals surface area contributed by atoms with Crippen molar-refractivity contribution in [3.05, 3.63) is 0 Å². The summed E-state index contributed by atoms with van der Waals surface area (Å²) < 4.78 is 0. The van der Waals surface area contributed by atoms with E-state index in [4.69, 9.17) is 5.73 Å². The van der Waals surface area contributed by atoms with Gasteiger partial charge >= 0.3 is 0 Å². The Morgan fingerprint density at radius 2 is 2.00 bits per heavy atom. The summed E-state index contributed by atoms with van der Waals surface area (Å²) in [4.78, 5) is 14.1. The quantitative estimate of drug-likeness (QED) is 0.646. The molecule has 0 aliphatic heterocycles. The number of carbonyl (C=O) groups excluding carboxylic acids is 1. The van der Waals surface area contributed by atoms with Crippen molar-refractivity contribution in [2.24, 2.45) is 11.7 Å². The summed E-state index contributed by atoms with van der Waals surface area (Å²) in [6.07, 6.45) is 5.38. The van der Waals surface area contributed by atoms with E-state index >= 15 is 0 Å². The van der Waals surface area contributed by atoms with Gasteiger partial charge < -0.3 is 16.0 Å². The smallest absolute Gasteiger partial charge is 0.237 e. The second-order valence-electron chi connectivity index (χ2n) is 7.18. The minimum Gasteiger partial charge on any atom is -0.368 e. The summed E-state index contributed by atoms with van der Waals surface area (Å²) in [6, 6.07) is 1.09. The Bertz CT molecular complexity index is 315. The second-order valence-corrected chi connectivity index (χ2v) is 7.18. The molecule has 0 aromatic heterocycles. The first-order chi connectivity index (χ1) is 9.24. The fourth-order valence-corrected chi connectivity index (χ4v) is 2.71. The van der Waals surface area contributed by atoms with Gasteiger partial charge in [0.15, 0.2) is 0 Å². The van der Waals surface area contributed by atoms with E-state index < -0.39 is 5.54 Å². The molecule has 0 bridgehead atoms. The average Bonchev–Trinajstić information content (AvgIpc) is 3.11. The van der Waals surface area contributed by atoms with E-state index in [0.29, 0.717) is 12.1 Å². The Morgan fingerprint density at radius 1 is 1.40 bits per heavy atom. The third-order valence-electron chi connectivity index (χ3n) is 4.40. The van der Waals surface area contributed by atoms with Crippen LogP contribution in [0.2, 0.25) is 0 Å². The molecule has 1 fully saturated rings. The van der Waals surface area contributed by atoms with Crippen molar-refractivity contribution in [1.82, 2.24) is 10.2 Å². The molecule has 0 aromatic carbocycles. The molecule has 0 aromatic rings. The first-order valence-electron chi connectivity index (χ1n) is 8.02. The van der Waals surface area contributed by atoms with Crippen molar-refractivity contribution in [2.75, 3.05) is 13.6 Å². The van der Waals surface area contributed by atoms with E-state index in [1.165, 1.54) is 19.3 Å². The molecule has 0 saturated heterocycles. The average molecular weight is 283 g/mol. The van der Waals surface area contributed by atoms with Crippen molar-refractivity contribution in [3.63, 3.8) is 0 Å². The van der Waals surface area contributed by atoms with Crippen LogP contribution in [0.3, 0.4) is 0 Å². The first-order valence-corrected chi connectivity index (χ1v) is 8.02. The lowest BCUT2D eigenvalue weighted by Gasteiger charge is -2.30. The molecule has 1 aliphatic rings. The van der Waals surface area contributed by atoms with Gasteiger partial charge in [-0.15, -0.1) is 0 Å². The molecule has 118 valence electrons. The highest BCUT2D eigenvalue weighted by atomic mass is 16.1. The standard InChI is InChI=1S/C16H33N3O/c1-12(2)11-13(3)19(5)10-6-9-16(4,15(17)20)18-14-7-8-14/h12-14,18H,6-11H2,1-5H3,(H2,17,20). The maximum Gasteiger partial charge on any atom is 0.237 e. The van der Waals surface area contributed by atoms with Gasteiger partial charge in [-0.05, 0) is 65.5 Å². The van der Waals surface area contributed by atoms with Gasteiger partial charge in [0.05, 0.1) is 5.54 Å². The summed E-state index contributed by atoms with van der Waals surface area (Å²) in [6.45, 7) is 9.76. The first kappa shape index (κ1) is 17.4. The third-order valence-corrected chi connectivity index (χ3v) is 4.40. The Kier molecular flexibility index (Phi) is 6.46. The predicted octanol–water partition coefficient (Wildman–Crippen LogP) is 2.13. The molecular formula is C16H33N3O. The molecule has 4 nitrogen and oxygen atoms in total. The fourth-order valence-electron chi connectivity index (χ4n) is 2.71. The summed E-state index contributed by atoms with van der Waals surface area (Å²) in [5.74, 6) is 0.502. The van der Waals surface area contributed by atoms with Gasteiger partial charge in [0, 0.05) is 12.1 Å². The zero-order chi connectivity index (χ0) is 15.3. The van der Waals surface area contributed by atoms with Crippen LogP contribution in [0.4, 0.5) is 0 Å². The SMILES string of the molecule is CC(C)CC(C)N(C)CCCC(C)(NC1CC1)C(N)=O. The number of hydrogen-bond acceptors (Lipinski definition) is 3. The lowest BCUT2D eigenvalue weighted by molar-refractivity contribution is -0.124. The van der Waals surface area contributed by atoms with Gasteiger partial charge in [-0.25, -0.2) is 0 Å². The van der Waals surface area contributed by atoms with Crippen LogP contribution in [0.25, 0.3) is 0 Å². The van der Waals surface area contributed by atoms with Gasteiger partial charge in [0.25, 0.3) is 0 Å². The van der Waals surface area contributed by atoms with Crippen LogP contribution in [0, 0.1) is 5.92 Å². The number of amides is 1. The van der Waals surface area contributed by atoms with Crippen molar-refractivity contribution in [3.8, 4) is 0 Å². The summed E-state index contributed by atoms with van der Waals surface area (Å²) in [5.41, 5.74) is 5.04. The highest BCUT2D eigenvalue weighted by Gasteiger charge is 2.36. The van der Waals surface area contributed by atoms with Crippen LogP contribution in [0.15, 0.2) is 0 Å². The summed E-state index contributed by atoms with van der Waals surface area (Å²) in [5, 5.41) is 3.41. The highest BCUT2D eigenvalue weighted by Crippen LogP contribution is 2.25. The van der Waals surface area contributed by atoms with Gasteiger partial charge in [0.2, 0.25) is 5.91 Å². The Morgan fingerprint density at radius 3 is 2.45 bits per heavy atom. The van der Waals surface area contributed by atoms with E-state index in [-0.39, 0.29) is 5.91 Å². The molecule has 0 radical (unpaired) electrons. The van der Waals surface area contributed by atoms with Crippen molar-refractivity contribution in [2.45, 2.75) is 77.4 Å². The van der Waals surface area contributed by atoms with Crippen LogP contribution in [0.5, 0.6) is 0 Å². The van der Waals surface area contributed by atoms with E-state index in [9.17, 15) is 4.79 Å². The Hall–Kier alpha value is -0.610. The molecule has 1 amide bonds. The number of primary amides is 1. The van der Waals surface area contributed by atoms with Gasteiger partial charge in [-0.1, -0.05) is 13.8 Å². The zero-order valence-corrected chi connectivity index (χ0v) is 13.9. The number of nitrogens with zero attached hydrogens (tertiary/aromatic N) is 1. The zero-order valence-electron chi connectivity index (χ0n) is 13.9. The fraction of sp³-hybridized carbons (Fsp3) is 0.938. The van der Waals surface area contributed by atoms with Crippen molar-refractivity contribution in [1.29, 1.82) is 0 Å². The lowest BCUT2D eigenvalue weighted by Crippen LogP contribution is -2.54. The van der Waals surface area contributed by atoms with E-state index in [1.807, 2.05) is 6.92 Å². The molecule has 20 heavy (non-hydrogen) atoms. The summed E-state index contributed by atoms with van der Waals surface area (Å²) >= 11 is 0. The summed E-state index contributed by atoms with van der Waals surface area (Å²) in [7, 11) is 2.17. The normalized spacial score (nSPS) is 20.1. The maximum atomic E-state index is 11.7. The van der Waals surface area contributed by atoms with Gasteiger partial charge in [-0.2, -0.15) is 0 Å². The van der Waals surface area contributed by atoms with Crippen LogP contribution in [-0.2, 0) is 4.79 Å². The predicted molar refractivity (Wildman–Crippen MR) is 84.5 cm³/mol. The van der Waals surface area contributed by atoms with Crippen LogP contribution in [-0.4, -0.2) is 42.0 Å². The number of carbonyl (C=O) groups is 1. The van der Waals surface area contributed by atoms with E-state index in [2.05, 4.69) is 38.0 Å². The van der Waals surface area contributed by atoms with E-state index in [0.717, 1.165) is 25.3 Å². The molecule has 0 heterocycles. The number of rotatable bonds is 10. The van der Waals surface area contributed by atoms with Gasteiger partial charge in [-0.3, -0.25) is 4.79 Å². The molecule has 0 spiro atoms. The molecule has 2 atom stereocenters. The van der Waals surface area contributed by atoms with Crippen LogP contribution < -0.4 is 11.1 Å². The van der Waals surface area contributed by atoms with E-state index in [1.54, 1.807) is 0 Å². The number of hydrogen-bond donors (Lipinski definition) is 2. The maximum absolute atomic E-state index is 11.7. The largest absolute Gasteiger partial charge is 0.368 e. The second kappa shape index (κ2) is 7.41.